The molecule has 1 heterocycles. The summed E-state index contributed by atoms with van der Waals surface area (Å²) < 4.78 is 10.9. The van der Waals surface area contributed by atoms with E-state index in [9.17, 15) is 0 Å². The van der Waals surface area contributed by atoms with E-state index in [0.29, 0.717) is 0 Å². The first-order valence-electron chi connectivity index (χ1n) is 5.22. The van der Waals surface area contributed by atoms with Crippen molar-refractivity contribution in [3.05, 3.63) is 12.2 Å². The fourth-order valence-electron chi connectivity index (χ4n) is 1.44. The second-order valence-corrected chi connectivity index (χ2v) is 3.61. The highest BCUT2D eigenvalue weighted by Gasteiger charge is 2.26. The van der Waals surface area contributed by atoms with Crippen molar-refractivity contribution in [2.75, 3.05) is 13.2 Å². The van der Waals surface area contributed by atoms with Crippen LogP contribution in [-0.4, -0.2) is 19.0 Å². The van der Waals surface area contributed by atoms with Gasteiger partial charge in [0.15, 0.2) is 5.79 Å². The average molecular weight is 184 g/mol. The summed E-state index contributed by atoms with van der Waals surface area (Å²) in [6, 6.07) is 0. The average Bonchev–Trinajstić information content (AvgIpc) is 2.53. The van der Waals surface area contributed by atoms with E-state index in [1.807, 2.05) is 13.0 Å². The minimum absolute atomic E-state index is 0.438. The molecule has 0 aliphatic carbocycles. The Labute approximate surface area is 80.9 Å². The monoisotopic (exact) mass is 184 g/mol. The molecule has 0 N–H and O–H groups in total. The summed E-state index contributed by atoms with van der Waals surface area (Å²) in [7, 11) is 0. The van der Waals surface area contributed by atoms with Crippen molar-refractivity contribution in [3.63, 3.8) is 0 Å². The normalized spacial score (nSPS) is 21.4. The lowest BCUT2D eigenvalue weighted by atomic mass is 10.2. The van der Waals surface area contributed by atoms with Crippen LogP contribution in [0.2, 0.25) is 0 Å². The zero-order valence-corrected chi connectivity index (χ0v) is 8.71. The van der Waals surface area contributed by atoms with E-state index in [4.69, 9.17) is 9.47 Å². The first-order chi connectivity index (χ1) is 6.27. The van der Waals surface area contributed by atoms with Gasteiger partial charge in [-0.15, -0.1) is 0 Å². The largest absolute Gasteiger partial charge is 0.344 e. The van der Waals surface area contributed by atoms with E-state index >= 15 is 0 Å². The smallest absolute Gasteiger partial charge is 0.185 e. The summed E-state index contributed by atoms with van der Waals surface area (Å²) in [4.78, 5) is 0. The van der Waals surface area contributed by atoms with Crippen LogP contribution in [0.1, 0.15) is 39.5 Å². The third kappa shape index (κ3) is 3.92. The summed E-state index contributed by atoms with van der Waals surface area (Å²) >= 11 is 0. The van der Waals surface area contributed by atoms with Gasteiger partial charge >= 0.3 is 0 Å². The molecule has 13 heavy (non-hydrogen) atoms. The third-order valence-corrected chi connectivity index (χ3v) is 2.26. The lowest BCUT2D eigenvalue weighted by molar-refractivity contribution is -0.0998. The van der Waals surface area contributed by atoms with Crippen LogP contribution in [0.15, 0.2) is 12.2 Å². The SMILES string of the molecule is CCCCC/C=C/C1(C)OCCO1. The molecule has 0 saturated carbocycles. The van der Waals surface area contributed by atoms with Crippen LogP contribution in [0, 0.1) is 0 Å². The Morgan fingerprint density at radius 3 is 2.54 bits per heavy atom. The van der Waals surface area contributed by atoms with E-state index < -0.39 is 5.79 Å². The van der Waals surface area contributed by atoms with E-state index in [1.54, 1.807) is 0 Å². The van der Waals surface area contributed by atoms with Crippen molar-refractivity contribution >= 4 is 0 Å². The summed E-state index contributed by atoms with van der Waals surface area (Å²) in [5, 5.41) is 0. The van der Waals surface area contributed by atoms with E-state index in [-0.39, 0.29) is 0 Å². The zero-order valence-electron chi connectivity index (χ0n) is 8.71. The van der Waals surface area contributed by atoms with Crippen molar-refractivity contribution in [1.82, 2.24) is 0 Å². The molecule has 1 rings (SSSR count). The predicted molar refractivity (Wildman–Crippen MR) is 53.6 cm³/mol. The molecule has 1 saturated heterocycles. The molecule has 0 atom stereocenters. The van der Waals surface area contributed by atoms with Crippen LogP contribution >= 0.6 is 0 Å². The second-order valence-electron chi connectivity index (χ2n) is 3.61. The van der Waals surface area contributed by atoms with Crippen molar-refractivity contribution in [2.24, 2.45) is 0 Å². The van der Waals surface area contributed by atoms with Crippen LogP contribution in [0.4, 0.5) is 0 Å². The fourth-order valence-corrected chi connectivity index (χ4v) is 1.44. The van der Waals surface area contributed by atoms with Crippen molar-refractivity contribution in [3.8, 4) is 0 Å². The summed E-state index contributed by atoms with van der Waals surface area (Å²) in [5.74, 6) is -0.438. The van der Waals surface area contributed by atoms with Gasteiger partial charge in [0.1, 0.15) is 0 Å². The second kappa shape index (κ2) is 5.40. The van der Waals surface area contributed by atoms with E-state index in [0.717, 1.165) is 19.6 Å². The highest BCUT2D eigenvalue weighted by Crippen LogP contribution is 2.20. The maximum absolute atomic E-state index is 5.44. The van der Waals surface area contributed by atoms with Gasteiger partial charge in [-0.2, -0.15) is 0 Å². The zero-order chi connectivity index (χ0) is 9.57. The Morgan fingerprint density at radius 2 is 1.92 bits per heavy atom. The molecular formula is C11H20O2. The first kappa shape index (κ1) is 10.7. The molecule has 0 aromatic rings. The maximum Gasteiger partial charge on any atom is 0.185 e. The number of hydrogen-bond donors (Lipinski definition) is 0. The van der Waals surface area contributed by atoms with Crippen molar-refractivity contribution in [2.45, 2.75) is 45.3 Å². The van der Waals surface area contributed by atoms with Gasteiger partial charge in [-0.3, -0.25) is 0 Å². The summed E-state index contributed by atoms with van der Waals surface area (Å²) in [5.41, 5.74) is 0. The van der Waals surface area contributed by atoms with Gasteiger partial charge in [0, 0.05) is 0 Å². The molecule has 0 aromatic heterocycles. The standard InChI is InChI=1S/C11H20O2/c1-3-4-5-6-7-8-11(2)12-9-10-13-11/h7-8H,3-6,9-10H2,1-2H3/b8-7+. The molecule has 76 valence electrons. The van der Waals surface area contributed by atoms with Gasteiger partial charge in [-0.25, -0.2) is 0 Å². The van der Waals surface area contributed by atoms with Crippen LogP contribution in [0.5, 0.6) is 0 Å². The van der Waals surface area contributed by atoms with Crippen molar-refractivity contribution in [1.29, 1.82) is 0 Å². The van der Waals surface area contributed by atoms with Crippen LogP contribution in [-0.2, 0) is 9.47 Å². The van der Waals surface area contributed by atoms with Gasteiger partial charge in [0.2, 0.25) is 0 Å². The number of rotatable bonds is 5. The molecule has 0 aromatic carbocycles. The highest BCUT2D eigenvalue weighted by atomic mass is 16.7. The first-order valence-corrected chi connectivity index (χ1v) is 5.22. The van der Waals surface area contributed by atoms with Gasteiger partial charge in [0.25, 0.3) is 0 Å². The lowest BCUT2D eigenvalue weighted by Crippen LogP contribution is -2.21. The molecule has 0 amide bonds. The molecule has 0 radical (unpaired) electrons. The van der Waals surface area contributed by atoms with Crippen molar-refractivity contribution < 1.29 is 9.47 Å². The third-order valence-electron chi connectivity index (χ3n) is 2.26. The molecule has 2 heteroatoms. The molecule has 1 aliphatic heterocycles. The van der Waals surface area contributed by atoms with Gasteiger partial charge < -0.3 is 9.47 Å². The maximum atomic E-state index is 5.44. The molecule has 1 fully saturated rings. The Hall–Kier alpha value is -0.340. The number of allylic oxidation sites excluding steroid dienone is 1. The Morgan fingerprint density at radius 1 is 1.23 bits per heavy atom. The Balaban J connectivity index is 2.14. The number of unbranched alkanes of at least 4 members (excludes halogenated alkanes) is 3. The predicted octanol–water partition coefficient (Wildman–Crippen LogP) is 2.89. The topological polar surface area (TPSA) is 18.5 Å². The van der Waals surface area contributed by atoms with Crippen LogP contribution in [0.3, 0.4) is 0 Å². The molecule has 0 bridgehead atoms. The quantitative estimate of drug-likeness (QED) is 0.483. The highest BCUT2D eigenvalue weighted by molar-refractivity contribution is 4.95. The molecule has 0 spiro atoms. The minimum atomic E-state index is -0.438. The molecule has 2 nitrogen and oxygen atoms in total. The summed E-state index contributed by atoms with van der Waals surface area (Å²) in [6.45, 7) is 5.62. The number of hydrogen-bond acceptors (Lipinski definition) is 2. The minimum Gasteiger partial charge on any atom is -0.344 e. The van der Waals surface area contributed by atoms with Gasteiger partial charge in [0.05, 0.1) is 13.2 Å². The van der Waals surface area contributed by atoms with Crippen LogP contribution in [0.25, 0.3) is 0 Å². The Kier molecular flexibility index (Phi) is 4.46. The molecule has 1 aliphatic rings. The van der Waals surface area contributed by atoms with E-state index in [1.165, 1.54) is 19.3 Å². The molecule has 0 unspecified atom stereocenters. The summed E-state index contributed by atoms with van der Waals surface area (Å²) in [6.07, 6.45) is 9.19. The fraction of sp³-hybridized carbons (Fsp3) is 0.818. The van der Waals surface area contributed by atoms with E-state index in [2.05, 4.69) is 13.0 Å². The Bertz CT molecular complexity index is 157. The molecular weight excluding hydrogens is 164 g/mol. The lowest BCUT2D eigenvalue weighted by Gasteiger charge is -2.16. The van der Waals surface area contributed by atoms with Crippen LogP contribution < -0.4 is 0 Å². The van der Waals surface area contributed by atoms with Gasteiger partial charge in [-0.05, 0) is 25.8 Å². The van der Waals surface area contributed by atoms with Gasteiger partial charge in [-0.1, -0.05) is 25.8 Å². The number of ether oxygens (including phenoxy) is 2.